The van der Waals surface area contributed by atoms with Crippen molar-refractivity contribution in [3.05, 3.63) is 65.4 Å². The van der Waals surface area contributed by atoms with Gasteiger partial charge in [-0.15, -0.1) is 0 Å². The van der Waals surface area contributed by atoms with Crippen LogP contribution in [-0.2, 0) is 29.4 Å². The lowest BCUT2D eigenvalue weighted by Gasteiger charge is -2.15. The second kappa shape index (κ2) is 7.40. The molecule has 0 atom stereocenters. The molecular formula is C21H21F3N2O2S. The van der Waals surface area contributed by atoms with Crippen molar-refractivity contribution >= 4 is 26.6 Å². The van der Waals surface area contributed by atoms with E-state index in [-0.39, 0.29) is 5.69 Å². The van der Waals surface area contributed by atoms with E-state index in [9.17, 15) is 21.6 Å². The quantitative estimate of drug-likeness (QED) is 0.586. The minimum atomic E-state index is -5.50. The number of anilines is 1. The van der Waals surface area contributed by atoms with E-state index in [4.69, 9.17) is 0 Å². The van der Waals surface area contributed by atoms with Crippen molar-refractivity contribution < 1.29 is 21.6 Å². The molecule has 0 unspecified atom stereocenters. The average Bonchev–Trinajstić information content (AvgIpc) is 2.82. The molecule has 3 aromatic rings. The Morgan fingerprint density at radius 1 is 0.931 bits per heavy atom. The van der Waals surface area contributed by atoms with Crippen LogP contribution in [0.4, 0.5) is 18.9 Å². The first kappa shape index (κ1) is 19.8. The van der Waals surface area contributed by atoms with Gasteiger partial charge in [-0.2, -0.15) is 21.6 Å². The van der Waals surface area contributed by atoms with Crippen molar-refractivity contribution in [1.29, 1.82) is 0 Å². The fourth-order valence-corrected chi connectivity index (χ4v) is 4.66. The number of aryl methyl sites for hydroxylation is 1. The lowest BCUT2D eigenvalue weighted by molar-refractivity contribution is -0.0429. The van der Waals surface area contributed by atoms with Crippen molar-refractivity contribution in [3.8, 4) is 0 Å². The predicted octanol–water partition coefficient (Wildman–Crippen LogP) is 5.22. The van der Waals surface area contributed by atoms with Gasteiger partial charge in [0.1, 0.15) is 0 Å². The summed E-state index contributed by atoms with van der Waals surface area (Å²) in [7, 11) is -5.50. The fraction of sp³-hybridized carbons (Fsp3) is 0.333. The Morgan fingerprint density at radius 2 is 1.66 bits per heavy atom. The number of sulfonamides is 1. The van der Waals surface area contributed by atoms with E-state index in [1.165, 1.54) is 6.07 Å². The highest BCUT2D eigenvalue weighted by atomic mass is 32.2. The van der Waals surface area contributed by atoms with Gasteiger partial charge in [0.05, 0.1) is 11.2 Å². The average molecular weight is 422 g/mol. The molecule has 0 fully saturated rings. The predicted molar refractivity (Wildman–Crippen MR) is 107 cm³/mol. The molecule has 8 heteroatoms. The number of nitrogens with zero attached hydrogens (tertiary/aromatic N) is 1. The molecule has 1 N–H and O–H groups in total. The van der Waals surface area contributed by atoms with Gasteiger partial charge in [0, 0.05) is 17.6 Å². The van der Waals surface area contributed by atoms with Crippen LogP contribution in [0.2, 0.25) is 0 Å². The zero-order chi connectivity index (χ0) is 20.6. The number of halogens is 3. The van der Waals surface area contributed by atoms with Gasteiger partial charge in [-0.25, -0.2) is 0 Å². The minimum absolute atomic E-state index is 0.0381. The highest BCUT2D eigenvalue weighted by molar-refractivity contribution is 7.93. The second-order valence-corrected chi connectivity index (χ2v) is 8.98. The number of para-hydroxylation sites is 1. The first-order valence-corrected chi connectivity index (χ1v) is 11.0. The monoisotopic (exact) mass is 422 g/mol. The van der Waals surface area contributed by atoms with Crippen LogP contribution in [0.5, 0.6) is 0 Å². The maximum absolute atomic E-state index is 13.0. The molecule has 0 radical (unpaired) electrons. The summed E-state index contributed by atoms with van der Waals surface area (Å²) < 4.78 is 66.3. The first-order valence-electron chi connectivity index (χ1n) is 9.54. The Kier molecular flexibility index (Phi) is 5.06. The third-order valence-corrected chi connectivity index (χ3v) is 6.48. The topological polar surface area (TPSA) is 51.1 Å². The van der Waals surface area contributed by atoms with Gasteiger partial charge in [-0.3, -0.25) is 4.72 Å². The van der Waals surface area contributed by atoms with Crippen molar-refractivity contribution in [3.63, 3.8) is 0 Å². The standard InChI is InChI=1S/C21H21F3N2O2S/c22-21(23,24)29(27,28)25-18-12-7-11-17-16-10-5-2-6-13-19(16)26(20(17)18)14-15-8-3-1-4-9-15/h1,3-4,7-9,11-12,25H,2,5-6,10,13-14H2. The molecule has 29 heavy (non-hydrogen) atoms. The molecule has 1 aromatic heterocycles. The van der Waals surface area contributed by atoms with Crippen LogP contribution in [0.15, 0.2) is 48.5 Å². The third-order valence-electron chi connectivity index (χ3n) is 5.38. The molecule has 0 saturated carbocycles. The number of hydrogen-bond acceptors (Lipinski definition) is 2. The number of aromatic nitrogens is 1. The van der Waals surface area contributed by atoms with Crippen molar-refractivity contribution in [2.45, 2.75) is 44.2 Å². The zero-order valence-corrected chi connectivity index (χ0v) is 16.5. The fourth-order valence-electron chi connectivity index (χ4n) is 4.09. The molecule has 0 spiro atoms. The van der Waals surface area contributed by atoms with E-state index in [2.05, 4.69) is 0 Å². The van der Waals surface area contributed by atoms with Crippen molar-refractivity contribution in [2.24, 2.45) is 0 Å². The Bertz CT molecular complexity index is 1140. The molecule has 2 aromatic carbocycles. The van der Waals surface area contributed by atoms with Gasteiger partial charge in [0.25, 0.3) is 0 Å². The Hall–Kier alpha value is -2.48. The molecule has 1 heterocycles. The van der Waals surface area contributed by atoms with E-state index in [0.717, 1.165) is 54.3 Å². The number of hydrogen-bond donors (Lipinski definition) is 1. The SMILES string of the molecule is O=S(=O)(Nc1cccc2c3c(n(Cc4ccccc4)c12)CCCCC3)C(F)(F)F. The van der Waals surface area contributed by atoms with Crippen LogP contribution < -0.4 is 4.72 Å². The molecule has 1 aliphatic carbocycles. The van der Waals surface area contributed by atoms with Crippen molar-refractivity contribution in [1.82, 2.24) is 4.57 Å². The number of alkyl halides is 3. The molecule has 0 saturated heterocycles. The molecule has 0 aliphatic heterocycles. The highest BCUT2D eigenvalue weighted by Gasteiger charge is 2.46. The summed E-state index contributed by atoms with van der Waals surface area (Å²) in [5.41, 5.74) is -1.70. The molecule has 1 aliphatic rings. The second-order valence-electron chi connectivity index (χ2n) is 7.31. The van der Waals surface area contributed by atoms with E-state index in [1.54, 1.807) is 10.8 Å². The highest BCUT2D eigenvalue weighted by Crippen LogP contribution is 2.37. The zero-order valence-electron chi connectivity index (χ0n) is 15.7. The smallest absolute Gasteiger partial charge is 0.338 e. The summed E-state index contributed by atoms with van der Waals surface area (Å²) in [5, 5.41) is 0.820. The Balaban J connectivity index is 1.92. The Labute approximate surface area is 167 Å². The summed E-state index contributed by atoms with van der Waals surface area (Å²) in [5.74, 6) is 0. The van der Waals surface area contributed by atoms with Crippen LogP contribution in [-0.4, -0.2) is 18.5 Å². The van der Waals surface area contributed by atoms with Gasteiger partial charge in [0.2, 0.25) is 0 Å². The number of nitrogens with one attached hydrogen (secondary N) is 1. The minimum Gasteiger partial charge on any atom is -0.338 e. The lowest BCUT2D eigenvalue weighted by atomic mass is 10.1. The maximum Gasteiger partial charge on any atom is 0.516 e. The third kappa shape index (κ3) is 3.73. The van der Waals surface area contributed by atoms with E-state index >= 15 is 0 Å². The summed E-state index contributed by atoms with van der Waals surface area (Å²) in [6.45, 7) is 0.470. The van der Waals surface area contributed by atoms with Gasteiger partial charge in [0.15, 0.2) is 0 Å². The van der Waals surface area contributed by atoms with Crippen LogP contribution >= 0.6 is 0 Å². The molecule has 0 amide bonds. The molecular weight excluding hydrogens is 401 g/mol. The van der Waals surface area contributed by atoms with Gasteiger partial charge >= 0.3 is 15.5 Å². The lowest BCUT2D eigenvalue weighted by Crippen LogP contribution is -2.30. The summed E-state index contributed by atoms with van der Waals surface area (Å²) >= 11 is 0. The number of rotatable bonds is 4. The number of fused-ring (bicyclic) bond motifs is 3. The van der Waals surface area contributed by atoms with Crippen LogP contribution in [0, 0.1) is 0 Å². The Morgan fingerprint density at radius 3 is 2.38 bits per heavy atom. The van der Waals surface area contributed by atoms with Crippen LogP contribution in [0.3, 0.4) is 0 Å². The maximum atomic E-state index is 13.0. The van der Waals surface area contributed by atoms with E-state index in [0.29, 0.717) is 12.1 Å². The summed E-state index contributed by atoms with van der Waals surface area (Å²) in [4.78, 5) is 0. The van der Waals surface area contributed by atoms with Crippen molar-refractivity contribution in [2.75, 3.05) is 4.72 Å². The normalized spacial score (nSPS) is 15.1. The first-order chi connectivity index (χ1) is 13.8. The van der Waals surface area contributed by atoms with Crippen LogP contribution in [0.1, 0.15) is 36.1 Å². The summed E-state index contributed by atoms with van der Waals surface area (Å²) in [6.07, 6.45) is 4.77. The van der Waals surface area contributed by atoms with Gasteiger partial charge < -0.3 is 4.57 Å². The van der Waals surface area contributed by atoms with E-state index < -0.39 is 15.5 Å². The molecule has 4 rings (SSSR count). The van der Waals surface area contributed by atoms with E-state index in [1.807, 2.05) is 41.0 Å². The molecule has 0 bridgehead atoms. The summed E-state index contributed by atoms with van der Waals surface area (Å²) in [6, 6.07) is 14.5. The molecule has 4 nitrogen and oxygen atoms in total. The largest absolute Gasteiger partial charge is 0.516 e. The van der Waals surface area contributed by atoms with Crippen LogP contribution in [0.25, 0.3) is 10.9 Å². The van der Waals surface area contributed by atoms with Gasteiger partial charge in [-0.05, 0) is 42.9 Å². The number of benzene rings is 2. The molecule has 154 valence electrons. The van der Waals surface area contributed by atoms with Gasteiger partial charge in [-0.1, -0.05) is 48.9 Å².